The van der Waals surface area contributed by atoms with E-state index in [0.717, 1.165) is 30.0 Å². The van der Waals surface area contributed by atoms with Crippen molar-refractivity contribution in [3.63, 3.8) is 0 Å². The van der Waals surface area contributed by atoms with Gasteiger partial charge in [-0.2, -0.15) is 0 Å². The highest BCUT2D eigenvalue weighted by Crippen LogP contribution is 2.25. The molecule has 17 heavy (non-hydrogen) atoms. The van der Waals surface area contributed by atoms with Gasteiger partial charge < -0.3 is 5.11 Å². The first-order valence-electron chi connectivity index (χ1n) is 5.65. The highest BCUT2D eigenvalue weighted by molar-refractivity contribution is 6.12. The Balaban J connectivity index is 2.49. The molecule has 0 saturated carbocycles. The summed E-state index contributed by atoms with van der Waals surface area (Å²) in [5, 5.41) is 8.75. The van der Waals surface area contributed by atoms with Gasteiger partial charge in [-0.3, -0.25) is 4.79 Å². The van der Waals surface area contributed by atoms with E-state index >= 15 is 0 Å². The molecule has 1 aromatic rings. The second-order valence-electron chi connectivity index (χ2n) is 4.35. The van der Waals surface area contributed by atoms with E-state index in [4.69, 9.17) is 5.11 Å². The van der Waals surface area contributed by atoms with Crippen LogP contribution in [0.5, 0.6) is 0 Å². The smallest absolute Gasteiger partial charge is 0.328 e. The molecule has 1 N–H and O–H groups in total. The molecule has 0 radical (unpaired) electrons. The standard InChI is InChI=1S/C14H14O3/c1-9-5-6-10-3-2-4-11(8-13(15)16)14(17)12(10)7-9/h5-8H,2-4H2,1H3,(H,15,16)/b11-8-. The summed E-state index contributed by atoms with van der Waals surface area (Å²) in [6.07, 6.45) is 3.23. The van der Waals surface area contributed by atoms with Gasteiger partial charge >= 0.3 is 5.97 Å². The molecule has 2 rings (SSSR count). The minimum atomic E-state index is -1.05. The molecule has 88 valence electrons. The fourth-order valence-corrected chi connectivity index (χ4v) is 2.16. The lowest BCUT2D eigenvalue weighted by Gasteiger charge is -2.05. The predicted molar refractivity (Wildman–Crippen MR) is 64.2 cm³/mol. The number of allylic oxidation sites excluding steroid dienone is 1. The molecule has 0 unspecified atom stereocenters. The Morgan fingerprint density at radius 1 is 1.35 bits per heavy atom. The molecule has 3 nitrogen and oxygen atoms in total. The molecule has 1 aliphatic carbocycles. The first-order valence-corrected chi connectivity index (χ1v) is 5.65. The van der Waals surface area contributed by atoms with Crippen LogP contribution in [0.2, 0.25) is 0 Å². The Kier molecular flexibility index (Phi) is 3.09. The minimum absolute atomic E-state index is 0.136. The number of hydrogen-bond acceptors (Lipinski definition) is 2. The Morgan fingerprint density at radius 3 is 2.82 bits per heavy atom. The monoisotopic (exact) mass is 230 g/mol. The van der Waals surface area contributed by atoms with E-state index in [1.54, 1.807) is 0 Å². The Hall–Kier alpha value is -1.90. The molecule has 3 heteroatoms. The van der Waals surface area contributed by atoms with Crippen molar-refractivity contribution in [2.75, 3.05) is 0 Å². The summed E-state index contributed by atoms with van der Waals surface area (Å²) < 4.78 is 0. The molecule has 0 saturated heterocycles. The summed E-state index contributed by atoms with van der Waals surface area (Å²) in [4.78, 5) is 22.9. The lowest BCUT2D eigenvalue weighted by molar-refractivity contribution is -0.131. The average molecular weight is 230 g/mol. The van der Waals surface area contributed by atoms with Crippen LogP contribution in [0.3, 0.4) is 0 Å². The van der Waals surface area contributed by atoms with Gasteiger partial charge in [0.25, 0.3) is 0 Å². The number of rotatable bonds is 1. The van der Waals surface area contributed by atoms with Crippen molar-refractivity contribution in [3.05, 3.63) is 46.5 Å². The number of fused-ring (bicyclic) bond motifs is 1. The minimum Gasteiger partial charge on any atom is -0.478 e. The number of benzene rings is 1. The summed E-state index contributed by atoms with van der Waals surface area (Å²) in [6.45, 7) is 1.93. The molecule has 0 spiro atoms. The van der Waals surface area contributed by atoms with E-state index in [1.165, 1.54) is 0 Å². The molecular formula is C14H14O3. The van der Waals surface area contributed by atoms with Crippen LogP contribution < -0.4 is 0 Å². The number of aryl methyl sites for hydroxylation is 2. The molecule has 0 amide bonds. The van der Waals surface area contributed by atoms with E-state index in [-0.39, 0.29) is 5.78 Å². The molecule has 1 aliphatic rings. The largest absolute Gasteiger partial charge is 0.478 e. The van der Waals surface area contributed by atoms with E-state index in [1.807, 2.05) is 25.1 Å². The Morgan fingerprint density at radius 2 is 2.12 bits per heavy atom. The first-order chi connectivity index (χ1) is 8.08. The van der Waals surface area contributed by atoms with E-state index in [9.17, 15) is 9.59 Å². The van der Waals surface area contributed by atoms with Gasteiger partial charge in [0.2, 0.25) is 0 Å². The van der Waals surface area contributed by atoms with E-state index in [2.05, 4.69) is 0 Å². The van der Waals surface area contributed by atoms with Gasteiger partial charge in [0.15, 0.2) is 5.78 Å². The SMILES string of the molecule is Cc1ccc2c(c1)C(=O)/C(=C\C(=O)O)CCC2. The van der Waals surface area contributed by atoms with E-state index in [0.29, 0.717) is 17.6 Å². The maximum Gasteiger partial charge on any atom is 0.328 e. The van der Waals surface area contributed by atoms with Crippen molar-refractivity contribution in [1.29, 1.82) is 0 Å². The van der Waals surface area contributed by atoms with Crippen molar-refractivity contribution in [1.82, 2.24) is 0 Å². The summed E-state index contributed by atoms with van der Waals surface area (Å²) in [5.74, 6) is -1.19. The van der Waals surface area contributed by atoms with Gasteiger partial charge in [-0.25, -0.2) is 4.79 Å². The normalized spacial score (nSPS) is 17.7. The summed E-state index contributed by atoms with van der Waals surface area (Å²) in [5.41, 5.74) is 3.11. The third kappa shape index (κ3) is 2.44. The van der Waals surface area contributed by atoms with Gasteiger partial charge in [0.05, 0.1) is 0 Å². The topological polar surface area (TPSA) is 54.4 Å². The van der Waals surface area contributed by atoms with Crippen LogP contribution in [-0.4, -0.2) is 16.9 Å². The average Bonchev–Trinajstić information content (AvgIpc) is 2.40. The second kappa shape index (κ2) is 4.53. The maximum absolute atomic E-state index is 12.2. The van der Waals surface area contributed by atoms with Crippen molar-refractivity contribution >= 4 is 11.8 Å². The van der Waals surface area contributed by atoms with Gasteiger partial charge in [0, 0.05) is 17.2 Å². The van der Waals surface area contributed by atoms with Crippen LogP contribution in [0.15, 0.2) is 29.8 Å². The van der Waals surface area contributed by atoms with Crippen LogP contribution in [0, 0.1) is 6.92 Å². The molecule has 1 aromatic carbocycles. The number of Topliss-reactive ketones (excluding diaryl/α,β-unsaturated/α-hetero) is 1. The lowest BCUT2D eigenvalue weighted by atomic mass is 9.98. The van der Waals surface area contributed by atoms with Crippen LogP contribution in [0.4, 0.5) is 0 Å². The zero-order valence-corrected chi connectivity index (χ0v) is 9.69. The molecule has 0 aromatic heterocycles. The summed E-state index contributed by atoms with van der Waals surface area (Å²) >= 11 is 0. The van der Waals surface area contributed by atoms with Crippen LogP contribution in [0.25, 0.3) is 0 Å². The zero-order valence-electron chi connectivity index (χ0n) is 9.69. The van der Waals surface area contributed by atoms with Crippen LogP contribution in [0.1, 0.15) is 34.3 Å². The van der Waals surface area contributed by atoms with Crippen molar-refractivity contribution < 1.29 is 14.7 Å². The number of carbonyl (C=O) groups is 2. The number of carbonyl (C=O) groups excluding carboxylic acids is 1. The number of aliphatic carboxylic acids is 1. The molecule has 0 atom stereocenters. The zero-order chi connectivity index (χ0) is 12.4. The van der Waals surface area contributed by atoms with Gasteiger partial charge in [-0.05, 0) is 37.8 Å². The number of ketones is 1. The maximum atomic E-state index is 12.2. The third-order valence-electron chi connectivity index (χ3n) is 2.99. The predicted octanol–water partition coefficient (Wildman–Crippen LogP) is 2.53. The second-order valence-corrected chi connectivity index (χ2v) is 4.35. The molecule has 0 bridgehead atoms. The van der Waals surface area contributed by atoms with Gasteiger partial charge in [0.1, 0.15) is 0 Å². The highest BCUT2D eigenvalue weighted by Gasteiger charge is 2.20. The molecule has 0 fully saturated rings. The van der Waals surface area contributed by atoms with Crippen LogP contribution >= 0.6 is 0 Å². The first kappa shape index (κ1) is 11.6. The Labute approximate surface area is 99.8 Å². The van der Waals surface area contributed by atoms with Crippen LogP contribution in [-0.2, 0) is 11.2 Å². The van der Waals surface area contributed by atoms with Crippen molar-refractivity contribution in [2.24, 2.45) is 0 Å². The molecular weight excluding hydrogens is 216 g/mol. The molecule has 0 aliphatic heterocycles. The Bertz CT molecular complexity index is 512. The van der Waals surface area contributed by atoms with E-state index < -0.39 is 5.97 Å². The number of hydrogen-bond donors (Lipinski definition) is 1. The van der Waals surface area contributed by atoms with Gasteiger partial charge in [-0.15, -0.1) is 0 Å². The number of carboxylic acid groups (broad SMARTS) is 1. The quantitative estimate of drug-likeness (QED) is 0.595. The summed E-state index contributed by atoms with van der Waals surface area (Å²) in [6, 6.07) is 5.79. The third-order valence-corrected chi connectivity index (χ3v) is 2.99. The highest BCUT2D eigenvalue weighted by atomic mass is 16.4. The lowest BCUT2D eigenvalue weighted by Crippen LogP contribution is -2.06. The molecule has 0 heterocycles. The van der Waals surface area contributed by atoms with Crippen molar-refractivity contribution in [2.45, 2.75) is 26.2 Å². The van der Waals surface area contributed by atoms with Gasteiger partial charge in [-0.1, -0.05) is 17.7 Å². The number of carboxylic acids is 1. The summed E-state index contributed by atoms with van der Waals surface area (Å²) in [7, 11) is 0. The fraction of sp³-hybridized carbons (Fsp3) is 0.286. The fourth-order valence-electron chi connectivity index (χ4n) is 2.16. The van der Waals surface area contributed by atoms with Crippen molar-refractivity contribution in [3.8, 4) is 0 Å².